The van der Waals surface area contributed by atoms with Crippen molar-refractivity contribution in [2.45, 2.75) is 22.9 Å². The van der Waals surface area contributed by atoms with Crippen LogP contribution in [-0.4, -0.2) is 62.0 Å². The van der Waals surface area contributed by atoms with Crippen molar-refractivity contribution in [1.29, 1.82) is 0 Å². The van der Waals surface area contributed by atoms with Crippen LogP contribution in [0.4, 0.5) is 0 Å². The summed E-state index contributed by atoms with van der Waals surface area (Å²) >= 11 is 7.68. The van der Waals surface area contributed by atoms with Crippen molar-refractivity contribution in [1.82, 2.24) is 10.2 Å². The summed E-state index contributed by atoms with van der Waals surface area (Å²) in [5.74, 6) is -0.356. The molecule has 5 nitrogen and oxygen atoms in total. The van der Waals surface area contributed by atoms with E-state index in [4.69, 9.17) is 11.6 Å². The first-order chi connectivity index (χ1) is 10.8. The molecule has 8 heteroatoms. The number of alkyl halides is 1. The minimum Gasteiger partial charge on any atom is -0.350 e. The van der Waals surface area contributed by atoms with Crippen molar-refractivity contribution in [2.75, 3.05) is 31.4 Å². The number of carbonyl (C=O) groups excluding carboxylic acids is 1. The van der Waals surface area contributed by atoms with E-state index in [1.54, 1.807) is 11.8 Å². The van der Waals surface area contributed by atoms with E-state index < -0.39 is 21.3 Å². The van der Waals surface area contributed by atoms with Gasteiger partial charge >= 0.3 is 0 Å². The highest BCUT2D eigenvalue weighted by Crippen LogP contribution is 2.18. The molecule has 23 heavy (non-hydrogen) atoms. The maximum Gasteiger partial charge on any atom is 0.234 e. The van der Waals surface area contributed by atoms with E-state index in [0.29, 0.717) is 6.54 Å². The molecule has 1 fully saturated rings. The molecule has 0 aliphatic carbocycles. The summed E-state index contributed by atoms with van der Waals surface area (Å²) < 4.78 is 23.0. The molecule has 1 saturated heterocycles. The second-order valence-corrected chi connectivity index (χ2v) is 9.38. The molecular weight excluding hydrogens is 356 g/mol. The number of hydrogen-bond donors (Lipinski definition) is 1. The van der Waals surface area contributed by atoms with Gasteiger partial charge in [0.15, 0.2) is 9.84 Å². The maximum atomic E-state index is 12.0. The van der Waals surface area contributed by atoms with E-state index in [9.17, 15) is 13.2 Å². The van der Waals surface area contributed by atoms with Gasteiger partial charge in [0, 0.05) is 11.4 Å². The quantitative estimate of drug-likeness (QED) is 0.600. The number of sulfone groups is 1. The average molecular weight is 377 g/mol. The van der Waals surface area contributed by atoms with Gasteiger partial charge in [-0.05, 0) is 31.0 Å². The van der Waals surface area contributed by atoms with Crippen LogP contribution in [0, 0.1) is 0 Å². The predicted molar refractivity (Wildman–Crippen MR) is 94.8 cm³/mol. The third-order valence-corrected chi connectivity index (χ3v) is 6.77. The highest BCUT2D eigenvalue weighted by atomic mass is 35.5. The fourth-order valence-corrected chi connectivity index (χ4v) is 5.49. The SMILES string of the molecule is CSc1ccc(CN(C)CC(=O)N[C@H]2CS(=O)(=O)C[C@@H]2Cl)cc1. The Bertz CT molecular complexity index is 649. The Morgan fingerprint density at radius 3 is 2.52 bits per heavy atom. The van der Waals surface area contributed by atoms with Gasteiger partial charge < -0.3 is 5.32 Å². The summed E-state index contributed by atoms with van der Waals surface area (Å²) in [6, 6.07) is 7.69. The number of nitrogens with zero attached hydrogens (tertiary/aromatic N) is 1. The fourth-order valence-electron chi connectivity index (χ4n) is 2.53. The summed E-state index contributed by atoms with van der Waals surface area (Å²) in [5, 5.41) is 2.18. The molecule has 0 aromatic heterocycles. The topological polar surface area (TPSA) is 66.5 Å². The number of rotatable bonds is 6. The number of likely N-dealkylation sites (N-methyl/N-ethyl adjacent to an activating group) is 1. The summed E-state index contributed by atoms with van der Waals surface area (Å²) in [6.45, 7) is 0.847. The zero-order chi connectivity index (χ0) is 17.0. The van der Waals surface area contributed by atoms with Crippen molar-refractivity contribution < 1.29 is 13.2 Å². The first kappa shape index (κ1) is 18.6. The Hall–Kier alpha value is -0.760. The smallest absolute Gasteiger partial charge is 0.234 e. The molecule has 1 heterocycles. The van der Waals surface area contributed by atoms with Gasteiger partial charge in [-0.2, -0.15) is 0 Å². The molecule has 1 aliphatic heterocycles. The van der Waals surface area contributed by atoms with Crippen LogP contribution in [-0.2, 0) is 21.2 Å². The number of thioether (sulfide) groups is 1. The molecule has 1 aromatic rings. The van der Waals surface area contributed by atoms with Gasteiger partial charge in [0.2, 0.25) is 5.91 Å². The number of nitrogens with one attached hydrogen (secondary N) is 1. The van der Waals surface area contributed by atoms with Crippen LogP contribution >= 0.6 is 23.4 Å². The minimum absolute atomic E-state index is 0.0723. The van der Waals surface area contributed by atoms with Gasteiger partial charge in [-0.25, -0.2) is 8.42 Å². The largest absolute Gasteiger partial charge is 0.350 e. The predicted octanol–water partition coefficient (Wildman–Crippen LogP) is 1.36. The van der Waals surface area contributed by atoms with Crippen LogP contribution in [0.15, 0.2) is 29.2 Å². The Balaban J connectivity index is 1.82. The van der Waals surface area contributed by atoms with Crippen LogP contribution in [0.2, 0.25) is 0 Å². The lowest BCUT2D eigenvalue weighted by atomic mass is 10.2. The summed E-state index contributed by atoms with van der Waals surface area (Å²) in [5.41, 5.74) is 1.12. The second-order valence-electron chi connectivity index (χ2n) is 5.79. The zero-order valence-corrected chi connectivity index (χ0v) is 15.5. The van der Waals surface area contributed by atoms with Gasteiger partial charge in [-0.1, -0.05) is 12.1 Å². The molecule has 0 bridgehead atoms. The van der Waals surface area contributed by atoms with E-state index in [2.05, 4.69) is 17.4 Å². The molecule has 2 rings (SSSR count). The van der Waals surface area contributed by atoms with E-state index in [1.807, 2.05) is 30.3 Å². The number of carbonyl (C=O) groups is 1. The standard InChI is InChI=1S/C15H21ClN2O3S2/c1-18(7-11-3-5-12(22-2)6-4-11)8-15(19)17-14-10-23(20,21)9-13(14)16/h3-6,13-14H,7-10H2,1-2H3,(H,17,19)/t13-,14-/m0/s1. The first-order valence-corrected chi connectivity index (χ1v) is 10.7. The van der Waals surface area contributed by atoms with Crippen molar-refractivity contribution in [3.05, 3.63) is 29.8 Å². The maximum absolute atomic E-state index is 12.0. The van der Waals surface area contributed by atoms with Crippen molar-refractivity contribution >= 4 is 39.1 Å². The van der Waals surface area contributed by atoms with E-state index in [1.165, 1.54) is 4.90 Å². The third kappa shape index (κ3) is 5.67. The van der Waals surface area contributed by atoms with Crippen LogP contribution in [0.5, 0.6) is 0 Å². The Kier molecular flexibility index (Phi) is 6.36. The van der Waals surface area contributed by atoms with Crippen LogP contribution in [0.1, 0.15) is 5.56 Å². The Morgan fingerprint density at radius 1 is 1.35 bits per heavy atom. The van der Waals surface area contributed by atoms with E-state index in [0.717, 1.165) is 5.56 Å². The van der Waals surface area contributed by atoms with Gasteiger partial charge in [0.1, 0.15) is 0 Å². The second kappa shape index (κ2) is 7.88. The van der Waals surface area contributed by atoms with Gasteiger partial charge in [-0.15, -0.1) is 23.4 Å². The summed E-state index contributed by atoms with van der Waals surface area (Å²) in [6.07, 6.45) is 2.03. The lowest BCUT2D eigenvalue weighted by Gasteiger charge is -2.19. The van der Waals surface area contributed by atoms with Crippen molar-refractivity contribution in [3.8, 4) is 0 Å². The summed E-state index contributed by atoms with van der Waals surface area (Å²) in [4.78, 5) is 15.1. The van der Waals surface area contributed by atoms with Crippen LogP contribution in [0.25, 0.3) is 0 Å². The Morgan fingerprint density at radius 2 is 2.00 bits per heavy atom. The van der Waals surface area contributed by atoms with Crippen molar-refractivity contribution in [3.63, 3.8) is 0 Å². The average Bonchev–Trinajstić information content (AvgIpc) is 2.71. The lowest BCUT2D eigenvalue weighted by Crippen LogP contribution is -2.44. The van der Waals surface area contributed by atoms with Gasteiger partial charge in [0.05, 0.1) is 29.5 Å². The van der Waals surface area contributed by atoms with Crippen LogP contribution in [0.3, 0.4) is 0 Å². The molecule has 2 atom stereocenters. The number of hydrogen-bond acceptors (Lipinski definition) is 5. The molecule has 0 unspecified atom stereocenters. The third-order valence-electron chi connectivity index (χ3n) is 3.65. The molecule has 1 N–H and O–H groups in total. The molecule has 1 aliphatic rings. The molecule has 1 amide bonds. The monoisotopic (exact) mass is 376 g/mol. The highest BCUT2D eigenvalue weighted by Gasteiger charge is 2.37. The lowest BCUT2D eigenvalue weighted by molar-refractivity contribution is -0.122. The molecule has 1 aromatic carbocycles. The van der Waals surface area contributed by atoms with E-state index >= 15 is 0 Å². The normalized spacial score (nSPS) is 23.1. The van der Waals surface area contributed by atoms with Gasteiger partial charge in [-0.3, -0.25) is 9.69 Å². The van der Waals surface area contributed by atoms with Gasteiger partial charge in [0.25, 0.3) is 0 Å². The van der Waals surface area contributed by atoms with E-state index in [-0.39, 0.29) is 24.0 Å². The summed E-state index contributed by atoms with van der Waals surface area (Å²) in [7, 11) is -1.28. The molecular formula is C15H21ClN2O3S2. The zero-order valence-electron chi connectivity index (χ0n) is 13.2. The first-order valence-electron chi connectivity index (χ1n) is 7.24. The number of halogens is 1. The molecule has 128 valence electrons. The Labute approximate surface area is 146 Å². The molecule has 0 spiro atoms. The number of benzene rings is 1. The van der Waals surface area contributed by atoms with Crippen molar-refractivity contribution in [2.24, 2.45) is 0 Å². The number of amides is 1. The molecule has 0 radical (unpaired) electrons. The fraction of sp³-hybridized carbons (Fsp3) is 0.533. The minimum atomic E-state index is -3.14. The molecule has 0 saturated carbocycles. The highest BCUT2D eigenvalue weighted by molar-refractivity contribution is 7.98. The van der Waals surface area contributed by atoms with Crippen LogP contribution < -0.4 is 5.32 Å².